The Morgan fingerprint density at radius 3 is 1.75 bits per heavy atom. The summed E-state index contributed by atoms with van der Waals surface area (Å²) in [5, 5.41) is 136. The standard InChI is InChI=1S/C40H71N3O16/c1-19(22-5-6-23-30-24(16-28(50)40(22,23)3)39(2)9-8-21(46)14-20(39)15-25(30)47)4-7-29(51)43(12-10-41-37(58)35(56)33(54)31(52)26(48)17-44)13-11-42-38(59)36(57)34(55)32(53)27(49)18-45/h19-28,30-36,44-50,52-57H,4-18H2,1-3H3,(H,41,58)(H,42,59)/t19-,20+,21-,22-,23+,24+,25-,26?,27?,28+,30+,31?,32?,33?,34?,35?,36?,39+,40-/m1/s1. The summed E-state index contributed by atoms with van der Waals surface area (Å²) in [4.78, 5) is 40.2. The van der Waals surface area contributed by atoms with Crippen molar-refractivity contribution in [3.8, 4) is 0 Å². The Labute approximate surface area is 345 Å². The van der Waals surface area contributed by atoms with Crippen LogP contribution in [-0.4, -0.2) is 196 Å². The second-order valence-electron chi connectivity index (χ2n) is 18.4. The van der Waals surface area contributed by atoms with Crippen molar-refractivity contribution in [2.45, 2.75) is 146 Å². The number of aliphatic hydroxyl groups excluding tert-OH is 13. The van der Waals surface area contributed by atoms with Crippen molar-refractivity contribution in [1.82, 2.24) is 15.5 Å². The molecular weight excluding hydrogens is 778 g/mol. The molecule has 0 aromatic rings. The van der Waals surface area contributed by atoms with E-state index in [1.54, 1.807) is 0 Å². The third-order valence-electron chi connectivity index (χ3n) is 15.1. The van der Waals surface area contributed by atoms with Gasteiger partial charge in [-0.05, 0) is 97.7 Å². The van der Waals surface area contributed by atoms with E-state index in [2.05, 4.69) is 24.5 Å². The Balaban J connectivity index is 1.41. The normalized spacial score (nSPS) is 36.3. The quantitative estimate of drug-likeness (QED) is 0.0547. The average Bonchev–Trinajstić information content (AvgIpc) is 3.58. The molecule has 3 amide bonds. The van der Waals surface area contributed by atoms with E-state index in [0.29, 0.717) is 32.1 Å². The molecule has 8 unspecified atom stereocenters. The summed E-state index contributed by atoms with van der Waals surface area (Å²) in [6, 6.07) is 0. The lowest BCUT2D eigenvalue weighted by atomic mass is 9.43. The molecule has 4 aliphatic carbocycles. The van der Waals surface area contributed by atoms with Crippen LogP contribution in [0.5, 0.6) is 0 Å². The van der Waals surface area contributed by atoms with Gasteiger partial charge in [-0.25, -0.2) is 0 Å². The van der Waals surface area contributed by atoms with Gasteiger partial charge in [0.25, 0.3) is 11.8 Å². The van der Waals surface area contributed by atoms with Gasteiger partial charge in [0.05, 0.1) is 31.5 Å². The first-order valence-electron chi connectivity index (χ1n) is 21.2. The lowest BCUT2D eigenvalue weighted by molar-refractivity contribution is -0.207. The van der Waals surface area contributed by atoms with Crippen LogP contribution in [0, 0.1) is 46.3 Å². The van der Waals surface area contributed by atoms with E-state index in [0.717, 1.165) is 19.3 Å². The maximum atomic E-state index is 13.8. The first-order valence-corrected chi connectivity index (χ1v) is 21.2. The molecule has 15 N–H and O–H groups in total. The maximum absolute atomic E-state index is 13.8. The van der Waals surface area contributed by atoms with Gasteiger partial charge >= 0.3 is 0 Å². The van der Waals surface area contributed by atoms with Crippen molar-refractivity contribution in [3.05, 3.63) is 0 Å². The van der Waals surface area contributed by atoms with Gasteiger partial charge in [-0.2, -0.15) is 0 Å². The molecule has 0 saturated heterocycles. The highest BCUT2D eigenvalue weighted by Gasteiger charge is 2.65. The number of hydrogen-bond acceptors (Lipinski definition) is 16. The van der Waals surface area contributed by atoms with Crippen LogP contribution in [0.3, 0.4) is 0 Å². The molecule has 0 aliphatic heterocycles. The first kappa shape index (κ1) is 49.5. The fourth-order valence-electron chi connectivity index (χ4n) is 11.4. The third-order valence-corrected chi connectivity index (χ3v) is 15.1. The van der Waals surface area contributed by atoms with Gasteiger partial charge in [0.1, 0.15) is 36.6 Å². The topological polar surface area (TPSA) is 342 Å². The van der Waals surface area contributed by atoms with Crippen molar-refractivity contribution in [1.29, 1.82) is 0 Å². The van der Waals surface area contributed by atoms with Crippen molar-refractivity contribution in [2.75, 3.05) is 39.4 Å². The highest BCUT2D eigenvalue weighted by molar-refractivity contribution is 5.82. The lowest BCUT2D eigenvalue weighted by Gasteiger charge is -2.63. The van der Waals surface area contributed by atoms with Gasteiger partial charge in [-0.3, -0.25) is 14.4 Å². The van der Waals surface area contributed by atoms with Crippen LogP contribution >= 0.6 is 0 Å². The van der Waals surface area contributed by atoms with Crippen molar-refractivity contribution in [2.24, 2.45) is 46.3 Å². The Morgan fingerprint density at radius 2 is 1.24 bits per heavy atom. The van der Waals surface area contributed by atoms with E-state index in [-0.39, 0.29) is 79.6 Å². The Bertz CT molecular complexity index is 1350. The summed E-state index contributed by atoms with van der Waals surface area (Å²) >= 11 is 0. The fraction of sp³-hybridized carbons (Fsp3) is 0.925. The van der Waals surface area contributed by atoms with E-state index in [1.165, 1.54) is 4.90 Å². The lowest BCUT2D eigenvalue weighted by Crippen LogP contribution is -2.62. The molecule has 0 bridgehead atoms. The van der Waals surface area contributed by atoms with Crippen molar-refractivity contribution in [3.63, 3.8) is 0 Å². The molecule has 19 atom stereocenters. The van der Waals surface area contributed by atoms with E-state index in [1.807, 2.05) is 6.92 Å². The second kappa shape index (κ2) is 20.8. The van der Waals surface area contributed by atoms with Gasteiger partial charge in [-0.15, -0.1) is 0 Å². The monoisotopic (exact) mass is 849 g/mol. The molecular formula is C40H71N3O16. The predicted octanol–water partition coefficient (Wildman–Crippen LogP) is -4.70. The molecule has 19 nitrogen and oxygen atoms in total. The second-order valence-corrected chi connectivity index (χ2v) is 18.4. The Hall–Kier alpha value is -2.11. The van der Waals surface area contributed by atoms with Crippen molar-refractivity contribution < 1.29 is 80.8 Å². The van der Waals surface area contributed by atoms with Gasteiger partial charge in [0.15, 0.2) is 12.2 Å². The smallest absolute Gasteiger partial charge is 0.251 e. The number of nitrogens with one attached hydrogen (secondary N) is 2. The van der Waals surface area contributed by atoms with E-state index in [4.69, 9.17) is 10.2 Å². The summed E-state index contributed by atoms with van der Waals surface area (Å²) in [6.07, 6.45) is -12.5. The van der Waals surface area contributed by atoms with Crippen LogP contribution in [-0.2, 0) is 14.4 Å². The van der Waals surface area contributed by atoms with Gasteiger partial charge in [-0.1, -0.05) is 20.8 Å². The molecule has 4 fully saturated rings. The van der Waals surface area contributed by atoms with E-state index in [9.17, 15) is 70.6 Å². The minimum atomic E-state index is -2.21. The molecule has 59 heavy (non-hydrogen) atoms. The molecule has 0 aromatic heterocycles. The number of carbonyl (C=O) groups excluding carboxylic acids is 3. The van der Waals surface area contributed by atoms with Crippen LogP contribution in [0.1, 0.15) is 78.6 Å². The maximum Gasteiger partial charge on any atom is 0.251 e. The molecule has 19 heteroatoms. The van der Waals surface area contributed by atoms with E-state index < -0.39 is 97.4 Å². The van der Waals surface area contributed by atoms with Crippen LogP contribution in [0.25, 0.3) is 0 Å². The number of aliphatic hydroxyl groups is 13. The molecule has 4 rings (SSSR count). The average molecular weight is 850 g/mol. The third kappa shape index (κ3) is 10.6. The highest BCUT2D eigenvalue weighted by atomic mass is 16.4. The minimum Gasteiger partial charge on any atom is -0.394 e. The summed E-state index contributed by atoms with van der Waals surface area (Å²) in [6.45, 7) is 3.62. The summed E-state index contributed by atoms with van der Waals surface area (Å²) in [5.74, 6) is -2.28. The Kier molecular flexibility index (Phi) is 17.5. The SMILES string of the molecule is C[C@H](CCC(=O)N(CCNC(=O)C(O)C(O)C(O)C(O)CO)CCNC(=O)C(O)C(O)C(O)C(O)CO)[C@H]1CC[C@H]2[C@@H]3[C@H](O)C[C@@H]4C[C@H](O)CC[C@]4(C)[C@H]3C[C@H](O)[C@]12C. The van der Waals surface area contributed by atoms with E-state index >= 15 is 0 Å². The molecule has 0 heterocycles. The number of fused-ring (bicyclic) bond motifs is 5. The van der Waals surface area contributed by atoms with Gasteiger partial charge in [0, 0.05) is 32.6 Å². The molecule has 4 aliphatic rings. The fourth-order valence-corrected chi connectivity index (χ4v) is 11.4. The summed E-state index contributed by atoms with van der Waals surface area (Å²) < 4.78 is 0. The molecule has 4 saturated carbocycles. The summed E-state index contributed by atoms with van der Waals surface area (Å²) in [5.41, 5.74) is -0.582. The van der Waals surface area contributed by atoms with Gasteiger partial charge < -0.3 is 81.9 Å². The zero-order valence-electron chi connectivity index (χ0n) is 34.4. The largest absolute Gasteiger partial charge is 0.394 e. The van der Waals surface area contributed by atoms with Crippen LogP contribution in [0.4, 0.5) is 0 Å². The van der Waals surface area contributed by atoms with Gasteiger partial charge in [0.2, 0.25) is 5.91 Å². The molecule has 0 spiro atoms. The number of carbonyl (C=O) groups is 3. The van der Waals surface area contributed by atoms with Crippen LogP contribution < -0.4 is 10.6 Å². The number of rotatable bonds is 20. The number of amides is 3. The number of hydrogen-bond donors (Lipinski definition) is 15. The molecule has 0 aromatic carbocycles. The zero-order chi connectivity index (χ0) is 44.1. The highest BCUT2D eigenvalue weighted by Crippen LogP contribution is 2.68. The van der Waals surface area contributed by atoms with Crippen LogP contribution in [0.15, 0.2) is 0 Å². The summed E-state index contributed by atoms with van der Waals surface area (Å²) in [7, 11) is 0. The minimum absolute atomic E-state index is 0.0184. The predicted molar refractivity (Wildman–Crippen MR) is 207 cm³/mol. The first-order chi connectivity index (χ1) is 27.6. The molecule has 342 valence electrons. The van der Waals surface area contributed by atoms with Crippen LogP contribution in [0.2, 0.25) is 0 Å². The number of nitrogens with zero attached hydrogens (tertiary/aromatic N) is 1. The zero-order valence-corrected chi connectivity index (χ0v) is 34.4. The van der Waals surface area contributed by atoms with Crippen molar-refractivity contribution >= 4 is 17.7 Å². The Morgan fingerprint density at radius 1 is 0.712 bits per heavy atom. The molecule has 0 radical (unpaired) electrons.